The molecule has 1 aromatic carbocycles. The fraction of sp³-hybridized carbons (Fsp3) is 0.542. The fourth-order valence-electron chi connectivity index (χ4n) is 5.66. The SMILES string of the molecule is CC1=CC[C@H]2C(C)(C)[C@H](O)CC[C@@]2(C)[C@@H]1COc1ccc2ccc(=O)oc2c1. The number of fused-ring (bicyclic) bond motifs is 2. The molecule has 1 saturated carbocycles. The third-order valence-corrected chi connectivity index (χ3v) is 7.54. The number of aliphatic hydroxyl groups excluding tert-OH is 1. The zero-order chi connectivity index (χ0) is 20.1. The Balaban J connectivity index is 1.59. The maximum absolute atomic E-state index is 11.5. The van der Waals surface area contributed by atoms with Gasteiger partial charge in [-0.1, -0.05) is 32.4 Å². The predicted molar refractivity (Wildman–Crippen MR) is 110 cm³/mol. The molecule has 1 heterocycles. The maximum atomic E-state index is 11.5. The highest BCUT2D eigenvalue weighted by atomic mass is 16.5. The van der Waals surface area contributed by atoms with Gasteiger partial charge >= 0.3 is 5.63 Å². The van der Waals surface area contributed by atoms with E-state index in [2.05, 4.69) is 33.8 Å². The van der Waals surface area contributed by atoms with E-state index in [0.29, 0.717) is 24.0 Å². The van der Waals surface area contributed by atoms with E-state index in [4.69, 9.17) is 9.15 Å². The third kappa shape index (κ3) is 3.08. The van der Waals surface area contributed by atoms with Crippen LogP contribution in [0.3, 0.4) is 0 Å². The van der Waals surface area contributed by atoms with Gasteiger partial charge in [0.15, 0.2) is 0 Å². The molecule has 1 fully saturated rings. The van der Waals surface area contributed by atoms with Crippen LogP contribution in [0.1, 0.15) is 47.0 Å². The zero-order valence-electron chi connectivity index (χ0n) is 17.2. The van der Waals surface area contributed by atoms with Gasteiger partial charge < -0.3 is 14.3 Å². The summed E-state index contributed by atoms with van der Waals surface area (Å²) >= 11 is 0. The van der Waals surface area contributed by atoms with Crippen molar-refractivity contribution in [2.45, 2.75) is 53.1 Å². The van der Waals surface area contributed by atoms with E-state index in [0.717, 1.165) is 30.4 Å². The van der Waals surface area contributed by atoms with Crippen LogP contribution in [0.15, 0.2) is 51.2 Å². The summed E-state index contributed by atoms with van der Waals surface area (Å²) in [5.74, 6) is 1.45. The molecule has 4 heteroatoms. The summed E-state index contributed by atoms with van der Waals surface area (Å²) in [7, 11) is 0. The molecule has 28 heavy (non-hydrogen) atoms. The molecule has 0 amide bonds. The molecule has 0 spiro atoms. The van der Waals surface area contributed by atoms with Crippen LogP contribution in [0.5, 0.6) is 5.75 Å². The lowest BCUT2D eigenvalue weighted by molar-refractivity contribution is -0.119. The van der Waals surface area contributed by atoms with Crippen molar-refractivity contribution in [1.82, 2.24) is 0 Å². The van der Waals surface area contributed by atoms with Crippen molar-refractivity contribution in [1.29, 1.82) is 0 Å². The van der Waals surface area contributed by atoms with Crippen LogP contribution < -0.4 is 10.4 Å². The van der Waals surface area contributed by atoms with Crippen molar-refractivity contribution in [2.75, 3.05) is 6.61 Å². The normalized spacial score (nSPS) is 31.9. The summed E-state index contributed by atoms with van der Waals surface area (Å²) in [6, 6.07) is 8.84. The number of rotatable bonds is 3. The van der Waals surface area contributed by atoms with Crippen molar-refractivity contribution in [3.8, 4) is 5.75 Å². The average Bonchev–Trinajstić information content (AvgIpc) is 2.64. The molecule has 0 radical (unpaired) electrons. The molecule has 0 bridgehead atoms. The quantitative estimate of drug-likeness (QED) is 0.603. The minimum absolute atomic E-state index is 0.102. The minimum Gasteiger partial charge on any atom is -0.493 e. The Kier molecular flexibility index (Phi) is 4.65. The topological polar surface area (TPSA) is 59.7 Å². The lowest BCUT2D eigenvalue weighted by Gasteiger charge is -2.58. The van der Waals surface area contributed by atoms with Gasteiger partial charge in [-0.2, -0.15) is 0 Å². The van der Waals surface area contributed by atoms with Gasteiger partial charge in [0.2, 0.25) is 0 Å². The standard InChI is InChI=1S/C24H30O4/c1-15-5-9-20-23(2,3)21(25)11-12-24(20,4)18(15)14-27-17-8-6-16-7-10-22(26)28-19(16)13-17/h5-8,10,13,18,20-21,25H,9,11-12,14H2,1-4H3/t18-,20+,21-,24+/m1/s1. The molecule has 0 saturated heterocycles. The van der Waals surface area contributed by atoms with E-state index >= 15 is 0 Å². The summed E-state index contributed by atoms with van der Waals surface area (Å²) in [6.07, 6.45) is 4.95. The van der Waals surface area contributed by atoms with E-state index in [1.54, 1.807) is 12.1 Å². The number of ether oxygens (including phenoxy) is 1. The first-order chi connectivity index (χ1) is 13.2. The highest BCUT2D eigenvalue weighted by Crippen LogP contribution is 2.59. The van der Waals surface area contributed by atoms with E-state index in [-0.39, 0.29) is 22.6 Å². The Morgan fingerprint density at radius 2 is 1.96 bits per heavy atom. The van der Waals surface area contributed by atoms with Crippen molar-refractivity contribution >= 4 is 11.0 Å². The van der Waals surface area contributed by atoms with Gasteiger partial charge in [0, 0.05) is 23.4 Å². The number of aliphatic hydroxyl groups is 1. The number of hydrogen-bond acceptors (Lipinski definition) is 4. The van der Waals surface area contributed by atoms with Crippen LogP contribution in [0.25, 0.3) is 11.0 Å². The smallest absolute Gasteiger partial charge is 0.336 e. The van der Waals surface area contributed by atoms with Crippen molar-refractivity contribution in [3.63, 3.8) is 0 Å². The molecule has 4 nitrogen and oxygen atoms in total. The molecule has 1 N–H and O–H groups in total. The molecule has 4 rings (SSSR count). The number of hydrogen-bond donors (Lipinski definition) is 1. The first-order valence-corrected chi connectivity index (χ1v) is 10.2. The third-order valence-electron chi connectivity index (χ3n) is 7.54. The van der Waals surface area contributed by atoms with Crippen molar-refractivity contribution in [2.24, 2.45) is 22.7 Å². The van der Waals surface area contributed by atoms with Gasteiger partial charge in [-0.15, -0.1) is 0 Å². The van der Waals surface area contributed by atoms with Gasteiger partial charge in [-0.3, -0.25) is 0 Å². The summed E-state index contributed by atoms with van der Waals surface area (Å²) in [6.45, 7) is 9.57. The second-order valence-electron chi connectivity index (χ2n) is 9.44. The molecule has 2 aliphatic rings. The largest absolute Gasteiger partial charge is 0.493 e. The van der Waals surface area contributed by atoms with Crippen LogP contribution in [0, 0.1) is 22.7 Å². The van der Waals surface area contributed by atoms with E-state index in [9.17, 15) is 9.90 Å². The van der Waals surface area contributed by atoms with Gasteiger partial charge in [0.05, 0.1) is 12.7 Å². The van der Waals surface area contributed by atoms with Gasteiger partial charge in [0.1, 0.15) is 11.3 Å². The Morgan fingerprint density at radius 3 is 2.75 bits per heavy atom. The minimum atomic E-state index is -0.353. The molecule has 1 aromatic heterocycles. The number of benzene rings is 1. The van der Waals surface area contributed by atoms with Crippen LogP contribution in [0.4, 0.5) is 0 Å². The van der Waals surface area contributed by atoms with Crippen molar-refractivity contribution in [3.05, 3.63) is 52.4 Å². The fourth-order valence-corrected chi connectivity index (χ4v) is 5.66. The maximum Gasteiger partial charge on any atom is 0.336 e. The first-order valence-electron chi connectivity index (χ1n) is 10.2. The lowest BCUT2D eigenvalue weighted by atomic mass is 9.48. The molecule has 2 aliphatic carbocycles. The first kappa shape index (κ1) is 19.3. The van der Waals surface area contributed by atoms with E-state index in [1.165, 1.54) is 11.6 Å². The summed E-state index contributed by atoms with van der Waals surface area (Å²) in [4.78, 5) is 11.5. The van der Waals surface area contributed by atoms with Crippen LogP contribution in [-0.2, 0) is 0 Å². The summed E-state index contributed by atoms with van der Waals surface area (Å²) in [5, 5.41) is 11.5. The predicted octanol–water partition coefficient (Wildman–Crippen LogP) is 4.94. The second kappa shape index (κ2) is 6.77. The van der Waals surface area contributed by atoms with E-state index in [1.807, 2.05) is 12.1 Å². The lowest BCUT2D eigenvalue weighted by Crippen LogP contribution is -2.55. The van der Waals surface area contributed by atoms with Crippen LogP contribution >= 0.6 is 0 Å². The molecule has 4 atom stereocenters. The Morgan fingerprint density at radius 1 is 1.21 bits per heavy atom. The number of allylic oxidation sites excluding steroid dienone is 1. The highest BCUT2D eigenvalue weighted by molar-refractivity contribution is 5.77. The Labute approximate surface area is 166 Å². The van der Waals surface area contributed by atoms with Gasteiger partial charge in [-0.05, 0) is 61.1 Å². The molecule has 150 valence electrons. The highest BCUT2D eigenvalue weighted by Gasteiger charge is 2.55. The van der Waals surface area contributed by atoms with Crippen LogP contribution in [0.2, 0.25) is 0 Å². The second-order valence-corrected chi connectivity index (χ2v) is 9.44. The van der Waals surface area contributed by atoms with Crippen molar-refractivity contribution < 1.29 is 14.3 Å². The zero-order valence-corrected chi connectivity index (χ0v) is 17.2. The summed E-state index contributed by atoms with van der Waals surface area (Å²) in [5.41, 5.74) is 1.57. The van der Waals surface area contributed by atoms with E-state index < -0.39 is 0 Å². The molecular formula is C24H30O4. The van der Waals surface area contributed by atoms with Crippen LogP contribution in [-0.4, -0.2) is 17.8 Å². The summed E-state index contributed by atoms with van der Waals surface area (Å²) < 4.78 is 11.5. The Hall–Kier alpha value is -2.07. The van der Waals surface area contributed by atoms with Gasteiger partial charge in [-0.25, -0.2) is 4.79 Å². The molecular weight excluding hydrogens is 352 g/mol. The monoisotopic (exact) mass is 382 g/mol. The van der Waals surface area contributed by atoms with Gasteiger partial charge in [0.25, 0.3) is 0 Å². The Bertz CT molecular complexity index is 970. The molecule has 2 aromatic rings. The average molecular weight is 383 g/mol. The molecule has 0 aliphatic heterocycles. The molecule has 0 unspecified atom stereocenters.